The smallest absolute Gasteiger partial charge is 0.244 e. The quantitative estimate of drug-likeness (QED) is 0.861. The minimum absolute atomic E-state index is 0.00210. The minimum atomic E-state index is -3.59. The molecule has 118 valence electrons. The van der Waals surface area contributed by atoms with Crippen LogP contribution in [0.15, 0.2) is 9.31 Å². The first-order valence-corrected chi connectivity index (χ1v) is 8.97. The Labute approximate surface area is 125 Å². The van der Waals surface area contributed by atoms with Gasteiger partial charge in [0.15, 0.2) is 0 Å². The predicted molar refractivity (Wildman–Crippen MR) is 79.4 cm³/mol. The van der Waals surface area contributed by atoms with Crippen LogP contribution in [0, 0.1) is 13.8 Å². The molecule has 0 amide bonds. The lowest BCUT2D eigenvalue weighted by Crippen LogP contribution is -2.42. The molecule has 2 atom stereocenters. The Morgan fingerprint density at radius 1 is 1.29 bits per heavy atom. The van der Waals surface area contributed by atoms with Gasteiger partial charge < -0.3 is 10.2 Å². The number of sulfonamides is 1. The number of nitrogens with zero attached hydrogens (tertiary/aromatic N) is 1. The molecule has 0 bridgehead atoms. The summed E-state index contributed by atoms with van der Waals surface area (Å²) < 4.78 is 33.8. The molecule has 2 unspecified atom stereocenters. The van der Waals surface area contributed by atoms with Crippen molar-refractivity contribution in [3.05, 3.63) is 17.1 Å². The first-order chi connectivity index (χ1) is 9.94. The fraction of sp³-hybridized carbons (Fsp3) is 0.714. The molecule has 21 heavy (non-hydrogen) atoms. The van der Waals surface area contributed by atoms with E-state index in [2.05, 4.69) is 9.62 Å². The van der Waals surface area contributed by atoms with Gasteiger partial charge in [0, 0.05) is 30.7 Å². The van der Waals surface area contributed by atoms with Gasteiger partial charge in [-0.3, -0.25) is 4.90 Å². The average molecular weight is 313 g/mol. The number of aryl methyl sites for hydroxylation is 2. The van der Waals surface area contributed by atoms with Crippen molar-refractivity contribution in [3.8, 4) is 0 Å². The molecular weight excluding hydrogens is 290 g/mol. The van der Waals surface area contributed by atoms with Crippen LogP contribution in [0.5, 0.6) is 0 Å². The number of furan rings is 1. The Bertz CT molecular complexity index is 638. The van der Waals surface area contributed by atoms with Gasteiger partial charge in [0.05, 0.1) is 0 Å². The van der Waals surface area contributed by atoms with Crippen LogP contribution >= 0.6 is 0 Å². The van der Waals surface area contributed by atoms with E-state index in [1.165, 1.54) is 0 Å². The maximum Gasteiger partial charge on any atom is 0.244 e. The zero-order valence-corrected chi connectivity index (χ0v) is 13.4. The Morgan fingerprint density at radius 3 is 2.76 bits per heavy atom. The summed E-state index contributed by atoms with van der Waals surface area (Å²) in [5.74, 6) is 1.01. The van der Waals surface area contributed by atoms with Gasteiger partial charge in [0.1, 0.15) is 16.4 Å². The summed E-state index contributed by atoms with van der Waals surface area (Å²) in [4.78, 5) is 2.61. The SMILES string of the molecule is Cc1oc(C)c(S(=O)(=O)NC2CCN3CCCC23)c1CN. The molecule has 3 heterocycles. The van der Waals surface area contributed by atoms with Crippen LogP contribution in [0.4, 0.5) is 0 Å². The maximum absolute atomic E-state index is 12.7. The normalized spacial score (nSPS) is 26.4. The summed E-state index contributed by atoms with van der Waals surface area (Å²) in [6.45, 7) is 5.66. The molecule has 2 aliphatic heterocycles. The van der Waals surface area contributed by atoms with Crippen molar-refractivity contribution in [3.63, 3.8) is 0 Å². The second-order valence-electron chi connectivity index (χ2n) is 5.99. The summed E-state index contributed by atoms with van der Waals surface area (Å²) in [5, 5.41) is 0. The van der Waals surface area contributed by atoms with E-state index < -0.39 is 10.0 Å². The van der Waals surface area contributed by atoms with E-state index in [0.29, 0.717) is 23.1 Å². The van der Waals surface area contributed by atoms with Gasteiger partial charge in [0.25, 0.3) is 0 Å². The van der Waals surface area contributed by atoms with Crippen LogP contribution < -0.4 is 10.5 Å². The number of hydrogen-bond acceptors (Lipinski definition) is 5. The molecule has 0 aromatic carbocycles. The topological polar surface area (TPSA) is 88.6 Å². The molecule has 7 heteroatoms. The van der Waals surface area contributed by atoms with E-state index in [1.54, 1.807) is 13.8 Å². The van der Waals surface area contributed by atoms with Gasteiger partial charge in [-0.05, 0) is 39.7 Å². The van der Waals surface area contributed by atoms with Crippen molar-refractivity contribution >= 4 is 10.0 Å². The molecule has 0 aliphatic carbocycles. The van der Waals surface area contributed by atoms with Crippen LogP contribution in [0.1, 0.15) is 36.3 Å². The van der Waals surface area contributed by atoms with Gasteiger partial charge in [-0.15, -0.1) is 0 Å². The Kier molecular flexibility index (Phi) is 3.85. The standard InChI is InChI=1S/C14H23N3O3S/c1-9-11(8-15)14(10(2)20-9)21(18,19)16-12-5-7-17-6-3-4-13(12)17/h12-13,16H,3-8,15H2,1-2H3. The predicted octanol–water partition coefficient (Wildman–Crippen LogP) is 0.870. The molecule has 1 aromatic heterocycles. The zero-order chi connectivity index (χ0) is 15.2. The molecule has 0 radical (unpaired) electrons. The molecule has 0 spiro atoms. The minimum Gasteiger partial charge on any atom is -0.465 e. The summed E-state index contributed by atoms with van der Waals surface area (Å²) in [7, 11) is -3.59. The van der Waals surface area contributed by atoms with Crippen molar-refractivity contribution in [2.24, 2.45) is 5.73 Å². The van der Waals surface area contributed by atoms with E-state index in [1.807, 2.05) is 0 Å². The first-order valence-electron chi connectivity index (χ1n) is 7.49. The monoisotopic (exact) mass is 313 g/mol. The van der Waals surface area contributed by atoms with Crippen LogP contribution in [-0.4, -0.2) is 38.5 Å². The number of hydrogen-bond donors (Lipinski definition) is 2. The Hall–Kier alpha value is -0.890. The lowest BCUT2D eigenvalue weighted by molar-refractivity contribution is 0.309. The van der Waals surface area contributed by atoms with Crippen molar-refractivity contribution in [2.45, 2.75) is 56.6 Å². The molecule has 0 saturated carbocycles. The van der Waals surface area contributed by atoms with E-state index in [4.69, 9.17) is 10.2 Å². The fourth-order valence-electron chi connectivity index (χ4n) is 3.78. The Balaban J connectivity index is 1.88. The molecule has 3 rings (SSSR count). The largest absolute Gasteiger partial charge is 0.465 e. The van der Waals surface area contributed by atoms with Crippen LogP contribution in [-0.2, 0) is 16.6 Å². The van der Waals surface area contributed by atoms with Crippen molar-refractivity contribution in [1.29, 1.82) is 0 Å². The summed E-state index contributed by atoms with van der Waals surface area (Å²) in [5.41, 5.74) is 6.28. The van der Waals surface area contributed by atoms with E-state index in [-0.39, 0.29) is 17.5 Å². The second kappa shape index (κ2) is 5.39. The third-order valence-corrected chi connectivity index (χ3v) is 6.39. The highest BCUT2D eigenvalue weighted by molar-refractivity contribution is 7.89. The summed E-state index contributed by atoms with van der Waals surface area (Å²) in [6, 6.07) is 0.340. The van der Waals surface area contributed by atoms with Crippen LogP contribution in [0.3, 0.4) is 0 Å². The van der Waals surface area contributed by atoms with Gasteiger partial charge in [0.2, 0.25) is 10.0 Å². The van der Waals surface area contributed by atoms with E-state index in [0.717, 1.165) is 32.4 Å². The third-order valence-electron chi connectivity index (χ3n) is 4.71. The number of fused-ring (bicyclic) bond motifs is 1. The molecule has 2 fully saturated rings. The summed E-state index contributed by atoms with van der Waals surface area (Å²) >= 11 is 0. The van der Waals surface area contributed by atoms with E-state index in [9.17, 15) is 8.42 Å². The maximum atomic E-state index is 12.7. The molecule has 2 aliphatic rings. The van der Waals surface area contributed by atoms with E-state index >= 15 is 0 Å². The van der Waals surface area contributed by atoms with Crippen LogP contribution in [0.2, 0.25) is 0 Å². The van der Waals surface area contributed by atoms with Gasteiger partial charge in [-0.1, -0.05) is 0 Å². The Morgan fingerprint density at radius 2 is 2.05 bits per heavy atom. The first kappa shape index (κ1) is 15.0. The zero-order valence-electron chi connectivity index (χ0n) is 12.6. The molecule has 6 nitrogen and oxygen atoms in total. The lowest BCUT2D eigenvalue weighted by atomic mass is 10.1. The van der Waals surface area contributed by atoms with Gasteiger partial charge in [-0.25, -0.2) is 13.1 Å². The number of nitrogens with one attached hydrogen (secondary N) is 1. The highest BCUT2D eigenvalue weighted by Gasteiger charge is 2.40. The van der Waals surface area contributed by atoms with Crippen LogP contribution in [0.25, 0.3) is 0 Å². The molecular formula is C14H23N3O3S. The summed E-state index contributed by atoms with van der Waals surface area (Å²) in [6.07, 6.45) is 3.10. The van der Waals surface area contributed by atoms with Crippen molar-refractivity contribution < 1.29 is 12.8 Å². The second-order valence-corrected chi connectivity index (χ2v) is 7.64. The number of rotatable bonds is 4. The van der Waals surface area contributed by atoms with Gasteiger partial charge >= 0.3 is 0 Å². The van der Waals surface area contributed by atoms with Gasteiger partial charge in [-0.2, -0.15) is 0 Å². The highest BCUT2D eigenvalue weighted by Crippen LogP contribution is 2.31. The van der Waals surface area contributed by atoms with Crippen molar-refractivity contribution in [2.75, 3.05) is 13.1 Å². The molecule has 3 N–H and O–H groups in total. The fourth-order valence-corrected chi connectivity index (χ4v) is 5.54. The third kappa shape index (κ3) is 2.52. The van der Waals surface area contributed by atoms with Crippen molar-refractivity contribution in [1.82, 2.24) is 9.62 Å². The average Bonchev–Trinajstić information content (AvgIpc) is 3.05. The number of nitrogens with two attached hydrogens (primary N) is 1. The lowest BCUT2D eigenvalue weighted by Gasteiger charge is -2.21. The highest BCUT2D eigenvalue weighted by atomic mass is 32.2. The molecule has 1 aromatic rings. The molecule has 2 saturated heterocycles.